The van der Waals surface area contributed by atoms with E-state index >= 15 is 0 Å². The van der Waals surface area contributed by atoms with Gasteiger partial charge in [0.25, 0.3) is 0 Å². The molecule has 4 nitrogen and oxygen atoms in total. The van der Waals surface area contributed by atoms with E-state index in [4.69, 9.17) is 9.47 Å². The van der Waals surface area contributed by atoms with E-state index < -0.39 is 12.0 Å². The molecule has 2 rings (SSSR count). The van der Waals surface area contributed by atoms with Crippen molar-refractivity contribution >= 4 is 11.9 Å². The summed E-state index contributed by atoms with van der Waals surface area (Å²) in [4.78, 5) is 23.0. The SMILES string of the molecule is CCOC(=O)C1CC(=O)OC1c1ccccc1. The minimum Gasteiger partial charge on any atom is -0.466 e. The first-order valence-corrected chi connectivity index (χ1v) is 5.63. The first-order chi connectivity index (χ1) is 8.22. The van der Waals surface area contributed by atoms with Gasteiger partial charge < -0.3 is 9.47 Å². The largest absolute Gasteiger partial charge is 0.466 e. The van der Waals surface area contributed by atoms with E-state index in [0.717, 1.165) is 5.56 Å². The van der Waals surface area contributed by atoms with Crippen molar-refractivity contribution < 1.29 is 19.1 Å². The molecule has 1 saturated heterocycles. The summed E-state index contributed by atoms with van der Waals surface area (Å²) in [6.07, 6.45) is -0.416. The minimum atomic E-state index is -0.523. The van der Waals surface area contributed by atoms with Crippen molar-refractivity contribution in [3.05, 3.63) is 35.9 Å². The second-order valence-corrected chi connectivity index (χ2v) is 3.88. The normalized spacial score (nSPS) is 23.2. The Bertz CT molecular complexity index is 413. The maximum absolute atomic E-state index is 11.7. The average Bonchev–Trinajstić information content (AvgIpc) is 2.73. The van der Waals surface area contributed by atoms with Gasteiger partial charge in [0.05, 0.1) is 13.0 Å². The van der Waals surface area contributed by atoms with Crippen LogP contribution in [0.2, 0.25) is 0 Å². The second kappa shape index (κ2) is 4.99. The standard InChI is InChI=1S/C13H14O4/c1-2-16-13(15)10-8-11(14)17-12(10)9-6-4-3-5-7-9/h3-7,10,12H,2,8H2,1H3. The van der Waals surface area contributed by atoms with Gasteiger partial charge in [-0.15, -0.1) is 0 Å². The number of hydrogen-bond acceptors (Lipinski definition) is 4. The van der Waals surface area contributed by atoms with E-state index in [1.807, 2.05) is 30.3 Å². The van der Waals surface area contributed by atoms with Gasteiger partial charge in [-0.25, -0.2) is 0 Å². The van der Waals surface area contributed by atoms with Gasteiger partial charge in [-0.05, 0) is 12.5 Å². The van der Waals surface area contributed by atoms with Crippen LogP contribution in [0.15, 0.2) is 30.3 Å². The lowest BCUT2D eigenvalue weighted by Crippen LogP contribution is -2.20. The molecule has 0 spiro atoms. The predicted molar refractivity (Wildman–Crippen MR) is 60.0 cm³/mol. The smallest absolute Gasteiger partial charge is 0.313 e. The highest BCUT2D eigenvalue weighted by Crippen LogP contribution is 2.35. The Morgan fingerprint density at radius 2 is 2.12 bits per heavy atom. The zero-order valence-corrected chi connectivity index (χ0v) is 9.59. The summed E-state index contributed by atoms with van der Waals surface area (Å²) in [5.41, 5.74) is 0.830. The molecule has 0 bridgehead atoms. The van der Waals surface area contributed by atoms with Gasteiger partial charge in [-0.2, -0.15) is 0 Å². The Kier molecular flexibility index (Phi) is 3.42. The molecule has 2 unspecified atom stereocenters. The number of ether oxygens (including phenoxy) is 2. The molecule has 17 heavy (non-hydrogen) atoms. The van der Waals surface area contributed by atoms with Gasteiger partial charge in [0.2, 0.25) is 0 Å². The third-order valence-corrected chi connectivity index (χ3v) is 2.73. The summed E-state index contributed by atoms with van der Waals surface area (Å²) in [5.74, 6) is -1.24. The fraction of sp³-hybridized carbons (Fsp3) is 0.385. The Labute approximate surface area is 99.5 Å². The van der Waals surface area contributed by atoms with Crippen molar-refractivity contribution in [2.24, 2.45) is 5.92 Å². The molecule has 0 amide bonds. The zero-order valence-electron chi connectivity index (χ0n) is 9.59. The van der Waals surface area contributed by atoms with Crippen LogP contribution in [0.5, 0.6) is 0 Å². The molecule has 2 atom stereocenters. The Morgan fingerprint density at radius 3 is 2.76 bits per heavy atom. The van der Waals surface area contributed by atoms with Crippen molar-refractivity contribution in [1.29, 1.82) is 0 Å². The monoisotopic (exact) mass is 234 g/mol. The van der Waals surface area contributed by atoms with Crippen molar-refractivity contribution in [2.45, 2.75) is 19.4 Å². The molecule has 1 fully saturated rings. The van der Waals surface area contributed by atoms with Gasteiger partial charge in [-0.3, -0.25) is 9.59 Å². The molecule has 1 aliphatic heterocycles. The zero-order chi connectivity index (χ0) is 12.3. The lowest BCUT2D eigenvalue weighted by Gasteiger charge is -2.16. The van der Waals surface area contributed by atoms with Crippen LogP contribution in [0.1, 0.15) is 25.0 Å². The first-order valence-electron chi connectivity index (χ1n) is 5.63. The molecule has 0 radical (unpaired) electrons. The number of carbonyl (C=O) groups is 2. The fourth-order valence-electron chi connectivity index (χ4n) is 1.96. The summed E-state index contributed by atoms with van der Waals surface area (Å²) in [6.45, 7) is 2.05. The number of benzene rings is 1. The molecule has 0 saturated carbocycles. The molecule has 1 aliphatic rings. The quantitative estimate of drug-likeness (QED) is 0.749. The van der Waals surface area contributed by atoms with E-state index in [1.54, 1.807) is 6.92 Å². The Morgan fingerprint density at radius 1 is 1.41 bits per heavy atom. The van der Waals surface area contributed by atoms with Crippen LogP contribution in [-0.4, -0.2) is 18.5 Å². The first kappa shape index (κ1) is 11.6. The summed E-state index contributed by atoms with van der Waals surface area (Å²) < 4.78 is 10.1. The van der Waals surface area contributed by atoms with Crippen LogP contribution in [0.25, 0.3) is 0 Å². The summed E-state index contributed by atoms with van der Waals surface area (Å²) in [7, 11) is 0. The van der Waals surface area contributed by atoms with Crippen molar-refractivity contribution in [3.8, 4) is 0 Å². The highest BCUT2D eigenvalue weighted by Gasteiger charge is 2.41. The molecular weight excluding hydrogens is 220 g/mol. The van der Waals surface area contributed by atoms with Crippen LogP contribution in [0, 0.1) is 5.92 Å². The van der Waals surface area contributed by atoms with Crippen molar-refractivity contribution in [2.75, 3.05) is 6.61 Å². The van der Waals surface area contributed by atoms with Gasteiger partial charge in [0.15, 0.2) is 0 Å². The van der Waals surface area contributed by atoms with Crippen molar-refractivity contribution in [1.82, 2.24) is 0 Å². The fourth-order valence-corrected chi connectivity index (χ4v) is 1.96. The van der Waals surface area contributed by atoms with E-state index in [0.29, 0.717) is 6.61 Å². The molecule has 0 aromatic heterocycles. The number of carbonyl (C=O) groups excluding carboxylic acids is 2. The highest BCUT2D eigenvalue weighted by atomic mass is 16.6. The van der Waals surface area contributed by atoms with Crippen LogP contribution in [0.3, 0.4) is 0 Å². The molecule has 4 heteroatoms. The minimum absolute atomic E-state index is 0.0956. The van der Waals surface area contributed by atoms with E-state index in [2.05, 4.69) is 0 Å². The molecular formula is C13H14O4. The maximum atomic E-state index is 11.7. The van der Waals surface area contributed by atoms with Gasteiger partial charge in [0, 0.05) is 0 Å². The van der Waals surface area contributed by atoms with Gasteiger partial charge in [-0.1, -0.05) is 30.3 Å². The maximum Gasteiger partial charge on any atom is 0.313 e. The third-order valence-electron chi connectivity index (χ3n) is 2.73. The van der Waals surface area contributed by atoms with Gasteiger partial charge >= 0.3 is 11.9 Å². The number of cyclic esters (lactones) is 1. The Hall–Kier alpha value is -1.84. The molecule has 1 aromatic carbocycles. The van der Waals surface area contributed by atoms with E-state index in [9.17, 15) is 9.59 Å². The predicted octanol–water partition coefficient (Wildman–Crippen LogP) is 1.85. The molecule has 0 N–H and O–H groups in total. The van der Waals surface area contributed by atoms with Crippen LogP contribution >= 0.6 is 0 Å². The highest BCUT2D eigenvalue weighted by molar-refractivity contribution is 5.83. The molecule has 90 valence electrons. The lowest BCUT2D eigenvalue weighted by molar-refractivity contribution is -0.150. The Balaban J connectivity index is 2.20. The third kappa shape index (κ3) is 2.46. The van der Waals surface area contributed by atoms with Crippen molar-refractivity contribution in [3.63, 3.8) is 0 Å². The second-order valence-electron chi connectivity index (χ2n) is 3.88. The van der Waals surface area contributed by atoms with E-state index in [1.165, 1.54) is 0 Å². The number of rotatable bonds is 3. The van der Waals surface area contributed by atoms with Crippen LogP contribution in [-0.2, 0) is 19.1 Å². The number of hydrogen-bond donors (Lipinski definition) is 0. The van der Waals surface area contributed by atoms with Crippen LogP contribution in [0.4, 0.5) is 0 Å². The lowest BCUT2D eigenvalue weighted by atomic mass is 9.95. The topological polar surface area (TPSA) is 52.6 Å². The van der Waals surface area contributed by atoms with Gasteiger partial charge in [0.1, 0.15) is 12.0 Å². The summed E-state index contributed by atoms with van der Waals surface area (Å²) >= 11 is 0. The number of esters is 2. The molecule has 0 aliphatic carbocycles. The van der Waals surface area contributed by atoms with Crippen LogP contribution < -0.4 is 0 Å². The summed E-state index contributed by atoms with van der Waals surface area (Å²) in [5, 5.41) is 0. The summed E-state index contributed by atoms with van der Waals surface area (Å²) in [6, 6.07) is 9.26. The van der Waals surface area contributed by atoms with E-state index in [-0.39, 0.29) is 18.4 Å². The average molecular weight is 234 g/mol. The molecule has 1 aromatic rings. The molecule has 1 heterocycles.